The van der Waals surface area contributed by atoms with Gasteiger partial charge in [0.1, 0.15) is 11.4 Å². The van der Waals surface area contributed by atoms with E-state index in [4.69, 9.17) is 15.2 Å². The Hall–Kier alpha value is -1.75. The van der Waals surface area contributed by atoms with E-state index in [9.17, 15) is 4.79 Å². The number of aryl methyl sites for hydroxylation is 1. The fraction of sp³-hybridized carbons (Fsp3) is 0.562. The minimum Gasteiger partial charge on any atom is -0.496 e. The lowest BCUT2D eigenvalue weighted by Crippen LogP contribution is -2.41. The van der Waals surface area contributed by atoms with E-state index in [2.05, 4.69) is 5.32 Å². The molecular formula is C16H26N2O3. The summed E-state index contributed by atoms with van der Waals surface area (Å²) in [6, 6.07) is 5.82. The molecule has 0 spiro atoms. The van der Waals surface area contributed by atoms with E-state index in [-0.39, 0.29) is 6.04 Å². The Morgan fingerprint density at radius 3 is 2.62 bits per heavy atom. The third-order valence-electron chi connectivity index (χ3n) is 2.88. The summed E-state index contributed by atoms with van der Waals surface area (Å²) in [6.07, 6.45) is 0.214. The van der Waals surface area contributed by atoms with E-state index in [1.807, 2.05) is 45.9 Å². The molecule has 21 heavy (non-hydrogen) atoms. The standard InChI is InChI=1S/C16H26N2O3/c1-11-6-7-12(9-14(11)20-5)8-13(17)10-18-15(19)21-16(2,3)4/h6-7,9,13H,8,10,17H2,1-5H3,(H,18,19). The monoisotopic (exact) mass is 294 g/mol. The zero-order valence-electron chi connectivity index (χ0n) is 13.5. The second kappa shape index (κ2) is 7.31. The first kappa shape index (κ1) is 17.3. The van der Waals surface area contributed by atoms with Gasteiger partial charge in [-0.15, -0.1) is 0 Å². The molecule has 0 heterocycles. The lowest BCUT2D eigenvalue weighted by atomic mass is 10.0. The Labute approximate surface area is 126 Å². The molecule has 0 bridgehead atoms. The lowest BCUT2D eigenvalue weighted by Gasteiger charge is -2.21. The molecule has 1 rings (SSSR count). The minimum atomic E-state index is -0.501. The number of nitrogens with two attached hydrogens (primary N) is 1. The largest absolute Gasteiger partial charge is 0.496 e. The summed E-state index contributed by atoms with van der Waals surface area (Å²) in [6.45, 7) is 7.83. The van der Waals surface area contributed by atoms with Gasteiger partial charge in [-0.05, 0) is 51.3 Å². The number of hydrogen-bond donors (Lipinski definition) is 2. The first-order valence-electron chi connectivity index (χ1n) is 7.07. The van der Waals surface area contributed by atoms with Gasteiger partial charge < -0.3 is 20.5 Å². The number of hydrogen-bond acceptors (Lipinski definition) is 4. The average molecular weight is 294 g/mol. The Kier molecular flexibility index (Phi) is 6.03. The zero-order chi connectivity index (χ0) is 16.0. The number of ether oxygens (including phenoxy) is 2. The number of carbonyl (C=O) groups excluding carboxylic acids is 1. The molecule has 118 valence electrons. The average Bonchev–Trinajstić information content (AvgIpc) is 2.36. The first-order chi connectivity index (χ1) is 9.71. The van der Waals surface area contributed by atoms with Crippen molar-refractivity contribution in [3.63, 3.8) is 0 Å². The Bertz CT molecular complexity index is 481. The van der Waals surface area contributed by atoms with E-state index < -0.39 is 11.7 Å². The molecule has 3 N–H and O–H groups in total. The maximum absolute atomic E-state index is 11.6. The molecule has 0 aliphatic carbocycles. The summed E-state index contributed by atoms with van der Waals surface area (Å²) in [7, 11) is 1.65. The molecule has 5 nitrogen and oxygen atoms in total. The molecule has 0 saturated heterocycles. The fourth-order valence-corrected chi connectivity index (χ4v) is 1.89. The molecule has 1 atom stereocenters. The van der Waals surface area contributed by atoms with Crippen molar-refractivity contribution in [2.75, 3.05) is 13.7 Å². The van der Waals surface area contributed by atoms with Crippen LogP contribution in [0, 0.1) is 6.92 Å². The summed E-state index contributed by atoms with van der Waals surface area (Å²) < 4.78 is 10.5. The third-order valence-corrected chi connectivity index (χ3v) is 2.88. The summed E-state index contributed by atoms with van der Waals surface area (Å²) in [4.78, 5) is 11.6. The maximum Gasteiger partial charge on any atom is 0.407 e. The van der Waals surface area contributed by atoms with Crippen LogP contribution in [0.4, 0.5) is 4.79 Å². The SMILES string of the molecule is COc1cc(CC(N)CNC(=O)OC(C)(C)C)ccc1C. The molecule has 0 aliphatic rings. The van der Waals surface area contributed by atoms with E-state index >= 15 is 0 Å². The highest BCUT2D eigenvalue weighted by Crippen LogP contribution is 2.19. The van der Waals surface area contributed by atoms with E-state index in [1.54, 1.807) is 7.11 Å². The van der Waals surface area contributed by atoms with Gasteiger partial charge in [0.15, 0.2) is 0 Å². The topological polar surface area (TPSA) is 73.6 Å². The van der Waals surface area contributed by atoms with Gasteiger partial charge in [-0.2, -0.15) is 0 Å². The second-order valence-corrected chi connectivity index (χ2v) is 6.15. The predicted octanol–water partition coefficient (Wildman–Crippen LogP) is 2.40. The second-order valence-electron chi connectivity index (χ2n) is 6.15. The molecule has 1 aromatic rings. The van der Waals surface area contributed by atoms with Crippen LogP contribution < -0.4 is 15.8 Å². The van der Waals surface area contributed by atoms with Crippen molar-refractivity contribution >= 4 is 6.09 Å². The molecule has 0 radical (unpaired) electrons. The number of amides is 1. The summed E-state index contributed by atoms with van der Waals surface area (Å²) in [5, 5.41) is 2.68. The van der Waals surface area contributed by atoms with Crippen LogP contribution in [-0.4, -0.2) is 31.4 Å². The Morgan fingerprint density at radius 2 is 2.05 bits per heavy atom. The fourth-order valence-electron chi connectivity index (χ4n) is 1.89. The highest BCUT2D eigenvalue weighted by molar-refractivity contribution is 5.67. The summed E-state index contributed by atoms with van der Waals surface area (Å²) in [5.74, 6) is 0.847. The highest BCUT2D eigenvalue weighted by Gasteiger charge is 2.16. The van der Waals surface area contributed by atoms with Gasteiger partial charge in [-0.3, -0.25) is 0 Å². The normalized spacial score (nSPS) is 12.7. The molecular weight excluding hydrogens is 268 g/mol. The van der Waals surface area contributed by atoms with Crippen molar-refractivity contribution < 1.29 is 14.3 Å². The lowest BCUT2D eigenvalue weighted by molar-refractivity contribution is 0.0524. The maximum atomic E-state index is 11.6. The van der Waals surface area contributed by atoms with Crippen LogP contribution in [-0.2, 0) is 11.2 Å². The number of rotatable bonds is 5. The summed E-state index contributed by atoms with van der Waals surface area (Å²) in [5.41, 5.74) is 7.70. The number of carbonyl (C=O) groups is 1. The van der Waals surface area contributed by atoms with Crippen LogP contribution in [0.5, 0.6) is 5.75 Å². The van der Waals surface area contributed by atoms with Gasteiger partial charge in [0.05, 0.1) is 7.11 Å². The molecule has 0 aliphatic heterocycles. The predicted molar refractivity (Wildman–Crippen MR) is 83.6 cm³/mol. The van der Waals surface area contributed by atoms with Gasteiger partial charge in [-0.25, -0.2) is 4.79 Å². The van der Waals surface area contributed by atoms with Crippen LogP contribution in [0.1, 0.15) is 31.9 Å². The van der Waals surface area contributed by atoms with Crippen LogP contribution >= 0.6 is 0 Å². The molecule has 0 fully saturated rings. The third kappa shape index (κ3) is 6.49. The molecule has 0 aromatic heterocycles. The quantitative estimate of drug-likeness (QED) is 0.874. The number of methoxy groups -OCH3 is 1. The van der Waals surface area contributed by atoms with Crippen molar-refractivity contribution in [2.45, 2.75) is 45.8 Å². The van der Waals surface area contributed by atoms with Crippen molar-refractivity contribution in [1.29, 1.82) is 0 Å². The number of alkyl carbamates (subject to hydrolysis) is 1. The first-order valence-corrected chi connectivity index (χ1v) is 7.07. The van der Waals surface area contributed by atoms with Gasteiger partial charge in [-0.1, -0.05) is 12.1 Å². The zero-order valence-corrected chi connectivity index (χ0v) is 13.5. The van der Waals surface area contributed by atoms with Crippen LogP contribution in [0.3, 0.4) is 0 Å². The minimum absolute atomic E-state index is 0.176. The van der Waals surface area contributed by atoms with Crippen molar-refractivity contribution in [2.24, 2.45) is 5.73 Å². The molecule has 0 saturated carbocycles. The van der Waals surface area contributed by atoms with Crippen molar-refractivity contribution in [3.05, 3.63) is 29.3 Å². The molecule has 1 amide bonds. The molecule has 1 unspecified atom stereocenters. The van der Waals surface area contributed by atoms with Crippen LogP contribution in [0.2, 0.25) is 0 Å². The van der Waals surface area contributed by atoms with Gasteiger partial charge in [0.2, 0.25) is 0 Å². The van der Waals surface area contributed by atoms with E-state index in [0.29, 0.717) is 13.0 Å². The Morgan fingerprint density at radius 1 is 1.38 bits per heavy atom. The van der Waals surface area contributed by atoms with Crippen LogP contribution in [0.15, 0.2) is 18.2 Å². The van der Waals surface area contributed by atoms with Gasteiger partial charge >= 0.3 is 6.09 Å². The van der Waals surface area contributed by atoms with Crippen LogP contribution in [0.25, 0.3) is 0 Å². The van der Waals surface area contributed by atoms with E-state index in [0.717, 1.165) is 16.9 Å². The summed E-state index contributed by atoms with van der Waals surface area (Å²) >= 11 is 0. The Balaban J connectivity index is 2.47. The van der Waals surface area contributed by atoms with Crippen molar-refractivity contribution in [1.82, 2.24) is 5.32 Å². The van der Waals surface area contributed by atoms with Crippen molar-refractivity contribution in [3.8, 4) is 5.75 Å². The highest BCUT2D eigenvalue weighted by atomic mass is 16.6. The van der Waals surface area contributed by atoms with Gasteiger partial charge in [0.25, 0.3) is 0 Å². The number of nitrogens with one attached hydrogen (secondary N) is 1. The molecule has 5 heteroatoms. The molecule has 1 aromatic carbocycles. The van der Waals surface area contributed by atoms with E-state index in [1.165, 1.54) is 0 Å². The van der Waals surface area contributed by atoms with Gasteiger partial charge in [0, 0.05) is 12.6 Å². The smallest absolute Gasteiger partial charge is 0.407 e. The number of benzene rings is 1.